The minimum Gasteiger partial charge on any atom is -0.304 e. The molecule has 2 aliphatic rings. The van der Waals surface area contributed by atoms with Crippen molar-refractivity contribution in [1.82, 2.24) is 5.32 Å². The third-order valence-electron chi connectivity index (χ3n) is 3.24. The first-order valence-corrected chi connectivity index (χ1v) is 6.40. The molecule has 1 aromatic carbocycles. The second-order valence-corrected chi connectivity index (χ2v) is 5.00. The van der Waals surface area contributed by atoms with E-state index in [4.69, 9.17) is 11.6 Å². The van der Waals surface area contributed by atoms with Crippen LogP contribution in [0, 0.1) is 0 Å². The lowest BCUT2D eigenvalue weighted by Gasteiger charge is -2.20. The van der Waals surface area contributed by atoms with Gasteiger partial charge in [-0.2, -0.15) is 18.2 Å². The molecule has 1 aliphatic heterocycles. The molecule has 1 unspecified atom stereocenters. The highest BCUT2D eigenvalue weighted by molar-refractivity contribution is 6.31. The minimum absolute atomic E-state index is 0.0407. The fourth-order valence-corrected chi connectivity index (χ4v) is 2.66. The average Bonchev–Trinajstić information content (AvgIpc) is 2.75. The third-order valence-corrected chi connectivity index (χ3v) is 3.55. The lowest BCUT2D eigenvalue weighted by molar-refractivity contribution is -0.138. The molecule has 0 saturated heterocycles. The summed E-state index contributed by atoms with van der Waals surface area (Å²) >= 11 is 5.71. The first-order valence-electron chi connectivity index (χ1n) is 6.02. The van der Waals surface area contributed by atoms with Crippen LogP contribution in [0.1, 0.15) is 17.0 Å². The first-order chi connectivity index (χ1) is 9.86. The van der Waals surface area contributed by atoms with Crippen molar-refractivity contribution in [2.75, 3.05) is 0 Å². The van der Waals surface area contributed by atoms with E-state index in [1.54, 1.807) is 6.08 Å². The number of hydrogen-bond acceptors (Lipinski definition) is 1. The molecule has 3 nitrogen and oxygen atoms in total. The van der Waals surface area contributed by atoms with Gasteiger partial charge in [0.25, 0.3) is 0 Å². The van der Waals surface area contributed by atoms with E-state index in [1.165, 1.54) is 30.4 Å². The van der Waals surface area contributed by atoms with Gasteiger partial charge in [0.15, 0.2) is 0 Å². The maximum atomic E-state index is 13.2. The number of hydrogen-bond donors (Lipinski definition) is 1. The van der Waals surface area contributed by atoms with Crippen LogP contribution >= 0.6 is 11.6 Å². The van der Waals surface area contributed by atoms with E-state index in [1.807, 2.05) is 0 Å². The Kier molecular flexibility index (Phi) is 3.13. The van der Waals surface area contributed by atoms with Crippen molar-refractivity contribution in [2.45, 2.75) is 12.1 Å². The molecule has 3 rings (SSSR count). The van der Waals surface area contributed by atoms with Gasteiger partial charge in [-0.15, -0.1) is 0 Å². The summed E-state index contributed by atoms with van der Waals surface area (Å²) in [5.41, 5.74) is 0.0225. The molecule has 1 heterocycles. The second kappa shape index (κ2) is 4.73. The Morgan fingerprint density at radius 1 is 1.29 bits per heavy atom. The molecule has 0 radical (unpaired) electrons. The number of nitrogens with zero attached hydrogens (tertiary/aromatic N) is 1. The number of alkyl halides is 3. The molecule has 7 heteroatoms. The molecule has 1 atom stereocenters. The molecule has 0 saturated carbocycles. The number of carbonyl (C=O) groups excluding carboxylic acids is 1. The lowest BCUT2D eigenvalue weighted by Crippen LogP contribution is -2.18. The van der Waals surface area contributed by atoms with Crippen LogP contribution in [-0.4, -0.2) is 11.7 Å². The van der Waals surface area contributed by atoms with Crippen molar-refractivity contribution < 1.29 is 18.0 Å². The first kappa shape index (κ1) is 13.9. The van der Waals surface area contributed by atoms with E-state index in [2.05, 4.69) is 10.3 Å². The number of urea groups is 1. The van der Waals surface area contributed by atoms with Crippen LogP contribution < -0.4 is 5.32 Å². The Hall–Kier alpha value is -2.08. The molecule has 0 fully saturated rings. The third kappa shape index (κ3) is 2.47. The molecule has 21 heavy (non-hydrogen) atoms. The number of amides is 2. The predicted molar refractivity (Wildman–Crippen MR) is 72.4 cm³/mol. The summed E-state index contributed by atoms with van der Waals surface area (Å²) in [6, 6.07) is 3.52. The molecule has 0 spiro atoms. The number of benzene rings is 1. The number of nitrogens with one attached hydrogen (secondary N) is 1. The molecule has 2 amide bonds. The Morgan fingerprint density at radius 2 is 2.05 bits per heavy atom. The van der Waals surface area contributed by atoms with Crippen LogP contribution in [0.4, 0.5) is 18.0 Å². The monoisotopic (exact) mass is 312 g/mol. The Balaban J connectivity index is 2.08. The van der Waals surface area contributed by atoms with Gasteiger partial charge in [-0.1, -0.05) is 29.8 Å². The Morgan fingerprint density at radius 3 is 2.76 bits per heavy atom. The maximum Gasteiger partial charge on any atom is 0.418 e. The van der Waals surface area contributed by atoms with Crippen LogP contribution in [-0.2, 0) is 6.18 Å². The molecule has 0 bridgehead atoms. The highest BCUT2D eigenvalue weighted by Gasteiger charge is 2.37. The van der Waals surface area contributed by atoms with E-state index in [9.17, 15) is 18.0 Å². The van der Waals surface area contributed by atoms with Crippen molar-refractivity contribution >= 4 is 23.3 Å². The van der Waals surface area contributed by atoms with E-state index in [0.29, 0.717) is 11.4 Å². The van der Waals surface area contributed by atoms with Crippen LogP contribution in [0.15, 0.2) is 47.1 Å². The molecule has 0 aromatic heterocycles. The molecule has 1 aliphatic carbocycles. The summed E-state index contributed by atoms with van der Waals surface area (Å²) in [4.78, 5) is 14.8. The predicted octanol–water partition coefficient (Wildman–Crippen LogP) is 4.06. The normalized spacial score (nSPS) is 20.8. The van der Waals surface area contributed by atoms with Crippen LogP contribution in [0.2, 0.25) is 5.02 Å². The Bertz CT molecular complexity index is 719. The van der Waals surface area contributed by atoms with Crippen LogP contribution in [0.3, 0.4) is 0 Å². The molecule has 1 aromatic rings. The summed E-state index contributed by atoms with van der Waals surface area (Å²) in [7, 11) is 0. The fraction of sp³-hybridized carbons (Fsp3) is 0.143. The molecular weight excluding hydrogens is 305 g/mol. The van der Waals surface area contributed by atoms with Gasteiger partial charge in [-0.25, -0.2) is 4.79 Å². The summed E-state index contributed by atoms with van der Waals surface area (Å²) < 4.78 is 39.5. The quantitative estimate of drug-likeness (QED) is 0.834. The van der Waals surface area contributed by atoms with Gasteiger partial charge >= 0.3 is 12.2 Å². The van der Waals surface area contributed by atoms with Crippen molar-refractivity contribution in [3.8, 4) is 0 Å². The zero-order chi connectivity index (χ0) is 15.2. The Labute approximate surface area is 122 Å². The smallest absolute Gasteiger partial charge is 0.304 e. The van der Waals surface area contributed by atoms with E-state index >= 15 is 0 Å². The SMILES string of the molecule is O=C1N=C2C=CC(c3cccc(Cl)c3C(F)(F)F)C=C2N1. The van der Waals surface area contributed by atoms with Gasteiger partial charge in [0.2, 0.25) is 0 Å². The van der Waals surface area contributed by atoms with Gasteiger partial charge in [0, 0.05) is 5.92 Å². The highest BCUT2D eigenvalue weighted by Crippen LogP contribution is 2.41. The number of allylic oxidation sites excluding steroid dienone is 3. The van der Waals surface area contributed by atoms with Crippen molar-refractivity contribution in [3.05, 3.63) is 58.3 Å². The van der Waals surface area contributed by atoms with Crippen LogP contribution in [0.25, 0.3) is 0 Å². The van der Waals surface area contributed by atoms with Gasteiger partial charge in [-0.05, 0) is 23.8 Å². The maximum absolute atomic E-state index is 13.2. The number of rotatable bonds is 1. The van der Waals surface area contributed by atoms with E-state index in [-0.39, 0.29) is 10.6 Å². The zero-order valence-electron chi connectivity index (χ0n) is 10.4. The summed E-state index contributed by atoms with van der Waals surface area (Å²) in [6.45, 7) is 0. The standard InChI is InChI=1S/C14H8ClF3N2O/c15-9-3-1-2-8(12(9)14(16,17)18)7-4-5-10-11(6-7)20-13(21)19-10/h1-7H,(H,20,21). The van der Waals surface area contributed by atoms with E-state index < -0.39 is 23.7 Å². The topological polar surface area (TPSA) is 41.5 Å². The molecule has 1 N–H and O–H groups in total. The summed E-state index contributed by atoms with van der Waals surface area (Å²) in [5.74, 6) is -0.632. The van der Waals surface area contributed by atoms with Crippen molar-refractivity contribution in [3.63, 3.8) is 0 Å². The van der Waals surface area contributed by atoms with Gasteiger partial charge < -0.3 is 5.32 Å². The number of halogens is 4. The van der Waals surface area contributed by atoms with Gasteiger partial charge in [0.05, 0.1) is 22.0 Å². The minimum atomic E-state index is -4.55. The second-order valence-electron chi connectivity index (χ2n) is 4.59. The molecular formula is C14H8ClF3N2O. The van der Waals surface area contributed by atoms with Crippen LogP contribution in [0.5, 0.6) is 0 Å². The van der Waals surface area contributed by atoms with Crippen molar-refractivity contribution in [1.29, 1.82) is 0 Å². The zero-order valence-corrected chi connectivity index (χ0v) is 11.2. The number of fused-ring (bicyclic) bond motifs is 1. The highest BCUT2D eigenvalue weighted by atomic mass is 35.5. The van der Waals surface area contributed by atoms with Gasteiger partial charge in [-0.3, -0.25) is 0 Å². The number of carbonyl (C=O) groups is 1. The summed E-state index contributed by atoms with van der Waals surface area (Å²) in [6.07, 6.45) is 0.0699. The van der Waals surface area contributed by atoms with E-state index in [0.717, 1.165) is 0 Å². The molecule has 108 valence electrons. The summed E-state index contributed by atoms with van der Waals surface area (Å²) in [5, 5.41) is 2.14. The number of aliphatic imine (C=N–C) groups is 1. The van der Waals surface area contributed by atoms with Gasteiger partial charge in [0.1, 0.15) is 0 Å². The lowest BCUT2D eigenvalue weighted by atomic mass is 9.89. The largest absolute Gasteiger partial charge is 0.418 e. The van der Waals surface area contributed by atoms with Crippen molar-refractivity contribution in [2.24, 2.45) is 4.99 Å². The average molecular weight is 313 g/mol. The fourth-order valence-electron chi connectivity index (χ4n) is 2.37.